The summed E-state index contributed by atoms with van der Waals surface area (Å²) in [6, 6.07) is 18.5. The standard InChI is InChI=1S/C19H11ClN2O2/c20-14-11-15(23)18-16(19(14)24)17(12-7-3-1-4-8-12)21-22(18)13-9-5-2-6-10-13/h1-11H. The van der Waals surface area contributed by atoms with E-state index in [1.54, 1.807) is 0 Å². The molecular formula is C19H11ClN2O2. The highest BCUT2D eigenvalue weighted by molar-refractivity contribution is 6.49. The monoisotopic (exact) mass is 334 g/mol. The Morgan fingerprint density at radius 1 is 0.875 bits per heavy atom. The van der Waals surface area contributed by atoms with Gasteiger partial charge in [0.15, 0.2) is 0 Å². The van der Waals surface area contributed by atoms with E-state index in [0.29, 0.717) is 11.4 Å². The molecule has 1 aliphatic carbocycles. The molecule has 0 atom stereocenters. The Hall–Kier alpha value is -2.98. The minimum absolute atomic E-state index is 0.0858. The van der Waals surface area contributed by atoms with Gasteiger partial charge >= 0.3 is 0 Å². The molecule has 0 aliphatic heterocycles. The highest BCUT2D eigenvalue weighted by Crippen LogP contribution is 2.33. The number of carbonyl (C=O) groups excluding carboxylic acids is 2. The maximum Gasteiger partial charge on any atom is 0.209 e. The number of benzene rings is 2. The molecule has 116 valence electrons. The fourth-order valence-electron chi connectivity index (χ4n) is 2.78. The zero-order valence-electron chi connectivity index (χ0n) is 12.4. The van der Waals surface area contributed by atoms with E-state index in [1.807, 2.05) is 60.7 Å². The van der Waals surface area contributed by atoms with Crippen LogP contribution in [0.4, 0.5) is 0 Å². The molecule has 2 aromatic carbocycles. The summed E-state index contributed by atoms with van der Waals surface area (Å²) in [7, 11) is 0. The molecule has 3 aromatic rings. The van der Waals surface area contributed by atoms with Crippen molar-refractivity contribution >= 4 is 23.2 Å². The van der Waals surface area contributed by atoms with Crippen LogP contribution < -0.4 is 0 Å². The molecule has 4 rings (SSSR count). The van der Waals surface area contributed by atoms with Gasteiger partial charge < -0.3 is 0 Å². The Morgan fingerprint density at radius 3 is 2.17 bits per heavy atom. The summed E-state index contributed by atoms with van der Waals surface area (Å²) >= 11 is 5.96. The third-order valence-electron chi connectivity index (χ3n) is 3.87. The van der Waals surface area contributed by atoms with E-state index >= 15 is 0 Å². The molecule has 1 aliphatic rings. The second kappa shape index (κ2) is 5.58. The Bertz CT molecular complexity index is 989. The van der Waals surface area contributed by atoms with Crippen molar-refractivity contribution in [1.29, 1.82) is 0 Å². The van der Waals surface area contributed by atoms with Gasteiger partial charge in [-0.15, -0.1) is 0 Å². The lowest BCUT2D eigenvalue weighted by Gasteiger charge is -2.10. The summed E-state index contributed by atoms with van der Waals surface area (Å²) in [5, 5.41) is 4.46. The van der Waals surface area contributed by atoms with Gasteiger partial charge in [-0.3, -0.25) is 9.59 Å². The first-order chi connectivity index (χ1) is 11.7. The number of nitrogens with zero attached hydrogens (tertiary/aromatic N) is 2. The summed E-state index contributed by atoms with van der Waals surface area (Å²) in [4.78, 5) is 25.1. The van der Waals surface area contributed by atoms with Crippen LogP contribution in [0.1, 0.15) is 20.8 Å². The number of fused-ring (bicyclic) bond motifs is 1. The van der Waals surface area contributed by atoms with Gasteiger partial charge in [0.1, 0.15) is 11.4 Å². The highest BCUT2D eigenvalue weighted by Gasteiger charge is 2.33. The van der Waals surface area contributed by atoms with Gasteiger partial charge in [-0.2, -0.15) is 5.10 Å². The predicted molar refractivity (Wildman–Crippen MR) is 91.6 cm³/mol. The van der Waals surface area contributed by atoms with Crippen LogP contribution >= 0.6 is 11.6 Å². The smallest absolute Gasteiger partial charge is 0.209 e. The molecule has 0 saturated carbocycles. The number of carbonyl (C=O) groups is 2. The number of Topliss-reactive ketones (excluding diaryl/α,β-unsaturated/α-hetero) is 1. The van der Waals surface area contributed by atoms with Crippen molar-refractivity contribution in [2.75, 3.05) is 0 Å². The summed E-state index contributed by atoms with van der Waals surface area (Å²) in [5.74, 6) is -0.708. The molecule has 1 aromatic heterocycles. The van der Waals surface area contributed by atoms with Crippen LogP contribution in [-0.4, -0.2) is 21.3 Å². The van der Waals surface area contributed by atoms with E-state index in [2.05, 4.69) is 5.10 Å². The van der Waals surface area contributed by atoms with Crippen molar-refractivity contribution in [3.63, 3.8) is 0 Å². The number of para-hydroxylation sites is 1. The highest BCUT2D eigenvalue weighted by atomic mass is 35.5. The van der Waals surface area contributed by atoms with Crippen molar-refractivity contribution in [3.05, 3.63) is 83.0 Å². The predicted octanol–water partition coefficient (Wildman–Crippen LogP) is 4.04. The molecule has 0 radical (unpaired) electrons. The van der Waals surface area contributed by atoms with Gasteiger partial charge in [-0.05, 0) is 12.1 Å². The van der Waals surface area contributed by atoms with Crippen LogP contribution in [0.25, 0.3) is 16.9 Å². The minimum atomic E-state index is -0.382. The molecule has 0 N–H and O–H groups in total. The lowest BCUT2D eigenvalue weighted by molar-refractivity contribution is 0.0987. The first-order valence-corrected chi connectivity index (χ1v) is 7.74. The van der Waals surface area contributed by atoms with Crippen molar-refractivity contribution in [3.8, 4) is 16.9 Å². The number of rotatable bonds is 2. The molecule has 4 nitrogen and oxygen atoms in total. The Labute approximate surface area is 143 Å². The van der Waals surface area contributed by atoms with Crippen LogP contribution in [0, 0.1) is 0 Å². The van der Waals surface area contributed by atoms with E-state index in [9.17, 15) is 9.59 Å². The second-order valence-corrected chi connectivity index (χ2v) is 5.78. The first kappa shape index (κ1) is 14.6. The van der Waals surface area contributed by atoms with Gasteiger partial charge in [0.25, 0.3) is 0 Å². The van der Waals surface area contributed by atoms with Crippen molar-refractivity contribution in [2.45, 2.75) is 0 Å². The summed E-state index contributed by atoms with van der Waals surface area (Å²) in [5.41, 5.74) is 2.43. The summed E-state index contributed by atoms with van der Waals surface area (Å²) in [6.45, 7) is 0. The molecular weight excluding hydrogens is 324 g/mol. The molecule has 0 bridgehead atoms. The Kier molecular flexibility index (Phi) is 3.40. The molecule has 0 unspecified atom stereocenters. The van der Waals surface area contributed by atoms with Crippen molar-refractivity contribution in [2.24, 2.45) is 0 Å². The van der Waals surface area contributed by atoms with E-state index < -0.39 is 0 Å². The third-order valence-corrected chi connectivity index (χ3v) is 4.15. The van der Waals surface area contributed by atoms with Gasteiger partial charge in [0.05, 0.1) is 16.3 Å². The van der Waals surface area contributed by atoms with Gasteiger partial charge in [-0.1, -0.05) is 60.1 Å². The first-order valence-electron chi connectivity index (χ1n) is 7.37. The van der Waals surface area contributed by atoms with Crippen LogP contribution in [0.15, 0.2) is 71.8 Å². The molecule has 0 spiro atoms. The third kappa shape index (κ3) is 2.20. The van der Waals surface area contributed by atoms with E-state index in [-0.39, 0.29) is 27.9 Å². The molecule has 0 fully saturated rings. The van der Waals surface area contributed by atoms with Crippen molar-refractivity contribution in [1.82, 2.24) is 9.78 Å². The maximum absolute atomic E-state index is 12.6. The second-order valence-electron chi connectivity index (χ2n) is 5.37. The van der Waals surface area contributed by atoms with E-state index in [4.69, 9.17) is 11.6 Å². The Balaban J connectivity index is 2.05. The SMILES string of the molecule is O=C1C(Cl)=CC(=O)c2c1c(-c1ccccc1)nn2-c1ccccc1. The van der Waals surface area contributed by atoms with Crippen LogP contribution in [-0.2, 0) is 0 Å². The number of ketones is 2. The topological polar surface area (TPSA) is 52.0 Å². The number of hydrogen-bond donors (Lipinski definition) is 0. The number of hydrogen-bond acceptors (Lipinski definition) is 3. The molecule has 24 heavy (non-hydrogen) atoms. The summed E-state index contributed by atoms with van der Waals surface area (Å²) in [6.07, 6.45) is 1.15. The molecule has 0 saturated heterocycles. The summed E-state index contributed by atoms with van der Waals surface area (Å²) < 4.78 is 1.51. The van der Waals surface area contributed by atoms with Gasteiger partial charge in [0, 0.05) is 11.6 Å². The lowest BCUT2D eigenvalue weighted by atomic mass is 9.96. The fourth-order valence-corrected chi connectivity index (χ4v) is 2.98. The van der Waals surface area contributed by atoms with E-state index in [0.717, 1.165) is 11.6 Å². The maximum atomic E-state index is 12.6. The quantitative estimate of drug-likeness (QED) is 0.710. The average Bonchev–Trinajstić information content (AvgIpc) is 3.02. The van der Waals surface area contributed by atoms with E-state index in [1.165, 1.54) is 4.68 Å². The van der Waals surface area contributed by atoms with Gasteiger partial charge in [-0.25, -0.2) is 4.68 Å². The lowest BCUT2D eigenvalue weighted by Crippen LogP contribution is -2.17. The molecule has 1 heterocycles. The number of aromatic nitrogens is 2. The normalized spacial score (nSPS) is 13.6. The molecule has 0 amide bonds. The van der Waals surface area contributed by atoms with Gasteiger partial charge in [0.2, 0.25) is 11.6 Å². The zero-order chi connectivity index (χ0) is 16.7. The zero-order valence-corrected chi connectivity index (χ0v) is 13.2. The number of halogens is 1. The van der Waals surface area contributed by atoms with Crippen LogP contribution in [0.3, 0.4) is 0 Å². The van der Waals surface area contributed by atoms with Crippen LogP contribution in [0.5, 0.6) is 0 Å². The average molecular weight is 335 g/mol. The largest absolute Gasteiger partial charge is 0.287 e. The molecule has 5 heteroatoms. The van der Waals surface area contributed by atoms with Crippen molar-refractivity contribution < 1.29 is 9.59 Å². The minimum Gasteiger partial charge on any atom is -0.287 e. The Morgan fingerprint density at radius 2 is 1.50 bits per heavy atom. The fraction of sp³-hybridized carbons (Fsp3) is 0. The van der Waals surface area contributed by atoms with Crippen LogP contribution in [0.2, 0.25) is 0 Å². The number of allylic oxidation sites excluding steroid dienone is 2.